The molecule has 2 aromatic carbocycles. The first-order valence-corrected chi connectivity index (χ1v) is 8.57. The first-order chi connectivity index (χ1) is 12.0. The molecule has 2 aromatic rings. The zero-order chi connectivity index (χ0) is 18.0. The van der Waals surface area contributed by atoms with Crippen LogP contribution in [-0.2, 0) is 11.3 Å². The Kier molecular flexibility index (Phi) is 5.16. The van der Waals surface area contributed by atoms with Crippen molar-refractivity contribution in [2.24, 2.45) is 0 Å². The molecule has 0 bridgehead atoms. The van der Waals surface area contributed by atoms with Crippen molar-refractivity contribution in [2.75, 3.05) is 20.2 Å². The van der Waals surface area contributed by atoms with E-state index in [-0.39, 0.29) is 17.7 Å². The van der Waals surface area contributed by atoms with Crippen LogP contribution in [0.5, 0.6) is 11.5 Å². The number of nitrogens with one attached hydrogen (secondary N) is 1. The highest BCUT2D eigenvalue weighted by molar-refractivity contribution is 6.30. The van der Waals surface area contributed by atoms with Crippen LogP contribution in [0.1, 0.15) is 12.5 Å². The Bertz CT molecular complexity index is 794. The van der Waals surface area contributed by atoms with E-state index in [9.17, 15) is 9.90 Å². The number of hydrogen-bond acceptors (Lipinski definition) is 4. The normalized spacial score (nSPS) is 15.6. The van der Waals surface area contributed by atoms with E-state index in [0.717, 1.165) is 16.7 Å². The van der Waals surface area contributed by atoms with Gasteiger partial charge < -0.3 is 15.2 Å². The summed E-state index contributed by atoms with van der Waals surface area (Å²) in [5.41, 5.74) is 2.63. The summed E-state index contributed by atoms with van der Waals surface area (Å²) in [4.78, 5) is 14.0. The van der Waals surface area contributed by atoms with Gasteiger partial charge in [-0.25, -0.2) is 0 Å². The van der Waals surface area contributed by atoms with Crippen molar-refractivity contribution >= 4 is 17.5 Å². The molecule has 0 saturated heterocycles. The number of phenolic OH excluding ortho intramolecular Hbond substituents is 1. The number of likely N-dealkylation sites (N-methyl/N-ethyl adjacent to an activating group) is 1. The highest BCUT2D eigenvalue weighted by atomic mass is 35.5. The molecule has 1 atom stereocenters. The average Bonchev–Trinajstić information content (AvgIpc) is 2.83. The van der Waals surface area contributed by atoms with E-state index < -0.39 is 0 Å². The van der Waals surface area contributed by atoms with E-state index in [1.54, 1.807) is 13.1 Å². The minimum Gasteiger partial charge on any atom is -0.504 e. The standard InChI is InChI=1S/C19H21ClN2O3/c1-12(19(24)21-2)22-6-7-25-18-15(11-22)8-14(10-17(18)23)13-4-3-5-16(20)9-13/h3-5,8-10,12,23H,6-7,11H2,1-2H3,(H,21,24)/t12-/m1/s1. The molecule has 1 heterocycles. The maximum Gasteiger partial charge on any atom is 0.236 e. The molecule has 1 amide bonds. The maximum absolute atomic E-state index is 12.0. The van der Waals surface area contributed by atoms with Gasteiger partial charge in [-0.3, -0.25) is 9.69 Å². The molecule has 0 aliphatic carbocycles. The number of carbonyl (C=O) groups is 1. The lowest BCUT2D eigenvalue weighted by atomic mass is 10.0. The van der Waals surface area contributed by atoms with Crippen molar-refractivity contribution in [3.05, 3.63) is 47.0 Å². The first kappa shape index (κ1) is 17.6. The monoisotopic (exact) mass is 360 g/mol. The number of benzene rings is 2. The van der Waals surface area contributed by atoms with Gasteiger partial charge in [0.05, 0.1) is 6.04 Å². The van der Waals surface area contributed by atoms with E-state index in [1.807, 2.05) is 42.2 Å². The number of hydrogen-bond donors (Lipinski definition) is 2. The SMILES string of the molecule is CNC(=O)[C@@H](C)N1CCOc2c(O)cc(-c3cccc(Cl)c3)cc2C1. The highest BCUT2D eigenvalue weighted by Crippen LogP contribution is 2.38. The van der Waals surface area contributed by atoms with Gasteiger partial charge in [0.1, 0.15) is 6.61 Å². The molecule has 3 rings (SSSR count). The molecule has 0 unspecified atom stereocenters. The van der Waals surface area contributed by atoms with Gasteiger partial charge in [0.25, 0.3) is 0 Å². The molecule has 2 N–H and O–H groups in total. The first-order valence-electron chi connectivity index (χ1n) is 8.20. The van der Waals surface area contributed by atoms with Crippen LogP contribution in [0.15, 0.2) is 36.4 Å². The molecule has 25 heavy (non-hydrogen) atoms. The Morgan fingerprint density at radius 2 is 2.12 bits per heavy atom. The van der Waals surface area contributed by atoms with Crippen molar-refractivity contribution < 1.29 is 14.6 Å². The lowest BCUT2D eigenvalue weighted by molar-refractivity contribution is -0.125. The Morgan fingerprint density at radius 1 is 1.32 bits per heavy atom. The van der Waals surface area contributed by atoms with E-state index in [1.165, 1.54) is 0 Å². The zero-order valence-electron chi connectivity index (χ0n) is 14.3. The van der Waals surface area contributed by atoms with E-state index in [2.05, 4.69) is 5.32 Å². The third-order valence-electron chi connectivity index (χ3n) is 4.48. The summed E-state index contributed by atoms with van der Waals surface area (Å²) in [5.74, 6) is 0.540. The van der Waals surface area contributed by atoms with Gasteiger partial charge in [-0.1, -0.05) is 23.7 Å². The fourth-order valence-electron chi connectivity index (χ4n) is 3.06. The molecule has 132 valence electrons. The topological polar surface area (TPSA) is 61.8 Å². The van der Waals surface area contributed by atoms with Crippen LogP contribution in [-0.4, -0.2) is 42.2 Å². The third-order valence-corrected chi connectivity index (χ3v) is 4.71. The van der Waals surface area contributed by atoms with Crippen molar-refractivity contribution in [3.8, 4) is 22.6 Å². The summed E-state index contributed by atoms with van der Waals surface area (Å²) in [5, 5.41) is 13.7. The number of halogens is 1. The van der Waals surface area contributed by atoms with Crippen molar-refractivity contribution in [1.29, 1.82) is 0 Å². The van der Waals surface area contributed by atoms with Crippen molar-refractivity contribution in [1.82, 2.24) is 10.2 Å². The van der Waals surface area contributed by atoms with Crippen molar-refractivity contribution in [2.45, 2.75) is 19.5 Å². The number of carbonyl (C=O) groups excluding carboxylic acids is 1. The minimum atomic E-state index is -0.281. The molecule has 0 saturated carbocycles. The summed E-state index contributed by atoms with van der Waals surface area (Å²) in [6.07, 6.45) is 0. The third kappa shape index (κ3) is 3.72. The molecule has 1 aliphatic heterocycles. The average molecular weight is 361 g/mol. The molecular formula is C19H21ClN2O3. The summed E-state index contributed by atoms with van der Waals surface area (Å²) in [7, 11) is 1.63. The molecular weight excluding hydrogens is 340 g/mol. The second-order valence-electron chi connectivity index (χ2n) is 6.10. The van der Waals surface area contributed by atoms with Gasteiger partial charge >= 0.3 is 0 Å². The molecule has 0 spiro atoms. The number of phenols is 1. The van der Waals surface area contributed by atoms with Gasteiger partial charge in [0.15, 0.2) is 11.5 Å². The maximum atomic E-state index is 12.0. The van der Waals surface area contributed by atoms with E-state index >= 15 is 0 Å². The largest absolute Gasteiger partial charge is 0.504 e. The summed E-state index contributed by atoms with van der Waals surface area (Å²) < 4.78 is 5.74. The minimum absolute atomic E-state index is 0.0429. The number of ether oxygens (including phenoxy) is 1. The fraction of sp³-hybridized carbons (Fsp3) is 0.316. The van der Waals surface area contributed by atoms with Crippen LogP contribution in [0.3, 0.4) is 0 Å². The quantitative estimate of drug-likeness (QED) is 0.883. The highest BCUT2D eigenvalue weighted by Gasteiger charge is 2.25. The predicted octanol–water partition coefficient (Wildman–Crippen LogP) is 3.04. The molecule has 1 aliphatic rings. The van der Waals surface area contributed by atoms with Crippen LogP contribution in [0.25, 0.3) is 11.1 Å². The van der Waals surface area contributed by atoms with Gasteiger partial charge in [-0.05, 0) is 42.3 Å². The van der Waals surface area contributed by atoms with Crippen LogP contribution in [0, 0.1) is 0 Å². The second-order valence-corrected chi connectivity index (χ2v) is 6.54. The Morgan fingerprint density at radius 3 is 2.84 bits per heavy atom. The summed E-state index contributed by atoms with van der Waals surface area (Å²) in [6.45, 7) is 3.41. The predicted molar refractivity (Wildman–Crippen MR) is 98.0 cm³/mol. The number of rotatable bonds is 3. The van der Waals surface area contributed by atoms with E-state index in [4.69, 9.17) is 16.3 Å². The molecule has 0 radical (unpaired) electrons. The molecule has 0 aromatic heterocycles. The summed E-state index contributed by atoms with van der Waals surface area (Å²) in [6, 6.07) is 10.9. The zero-order valence-corrected chi connectivity index (χ0v) is 15.0. The van der Waals surface area contributed by atoms with E-state index in [0.29, 0.717) is 30.5 Å². The molecule has 5 nitrogen and oxygen atoms in total. The van der Waals surface area contributed by atoms with Crippen LogP contribution in [0.4, 0.5) is 0 Å². The lowest BCUT2D eigenvalue weighted by Gasteiger charge is -2.25. The second kappa shape index (κ2) is 7.33. The van der Waals surface area contributed by atoms with Crippen LogP contribution < -0.4 is 10.1 Å². The van der Waals surface area contributed by atoms with Crippen LogP contribution >= 0.6 is 11.6 Å². The Balaban J connectivity index is 1.97. The van der Waals surface area contributed by atoms with Gasteiger partial charge in [0.2, 0.25) is 5.91 Å². The smallest absolute Gasteiger partial charge is 0.236 e. The molecule has 0 fully saturated rings. The lowest BCUT2D eigenvalue weighted by Crippen LogP contribution is -2.44. The number of aromatic hydroxyl groups is 1. The summed E-state index contributed by atoms with van der Waals surface area (Å²) >= 11 is 6.08. The van der Waals surface area contributed by atoms with Gasteiger partial charge in [-0.2, -0.15) is 0 Å². The number of amides is 1. The van der Waals surface area contributed by atoms with Crippen molar-refractivity contribution in [3.63, 3.8) is 0 Å². The van der Waals surface area contributed by atoms with Gasteiger partial charge in [-0.15, -0.1) is 0 Å². The number of nitrogens with zero attached hydrogens (tertiary/aromatic N) is 1. The fourth-order valence-corrected chi connectivity index (χ4v) is 3.25. The van der Waals surface area contributed by atoms with Gasteiger partial charge in [0, 0.05) is 30.7 Å². The Labute approximate surface area is 152 Å². The number of fused-ring (bicyclic) bond motifs is 1. The Hall–Kier alpha value is -2.24. The molecule has 6 heteroatoms. The van der Waals surface area contributed by atoms with Crippen LogP contribution in [0.2, 0.25) is 5.02 Å².